The van der Waals surface area contributed by atoms with Crippen LogP contribution in [0.2, 0.25) is 0 Å². The molecule has 1 saturated heterocycles. The molecule has 0 N–H and O–H groups in total. The van der Waals surface area contributed by atoms with E-state index in [1.165, 1.54) is 37.2 Å². The maximum absolute atomic E-state index is 5.66. The van der Waals surface area contributed by atoms with Crippen molar-refractivity contribution in [1.82, 2.24) is 9.88 Å². The normalized spacial score (nSPS) is 30.7. The molecule has 3 nitrogen and oxygen atoms in total. The van der Waals surface area contributed by atoms with Gasteiger partial charge in [0, 0.05) is 32.9 Å². The Balaban J connectivity index is 1.62. The lowest BCUT2D eigenvalue weighted by atomic mass is 9.95. The number of hydrogen-bond donors (Lipinski definition) is 0. The van der Waals surface area contributed by atoms with Gasteiger partial charge in [-0.2, -0.15) is 0 Å². The van der Waals surface area contributed by atoms with E-state index in [1.807, 2.05) is 13.3 Å². The first-order chi connectivity index (χ1) is 9.30. The fourth-order valence-corrected chi connectivity index (χ4v) is 3.77. The third kappa shape index (κ3) is 2.67. The van der Waals surface area contributed by atoms with Gasteiger partial charge in [0.25, 0.3) is 0 Å². The summed E-state index contributed by atoms with van der Waals surface area (Å²) in [4.78, 5) is 7.14. The molecule has 1 aromatic rings. The first-order valence-electron chi connectivity index (χ1n) is 7.49. The van der Waals surface area contributed by atoms with Crippen LogP contribution in [-0.2, 0) is 17.7 Å². The Bertz CT molecular complexity index is 403. The molecule has 2 bridgehead atoms. The van der Waals surface area contributed by atoms with Gasteiger partial charge >= 0.3 is 0 Å². The Morgan fingerprint density at radius 1 is 1.26 bits per heavy atom. The summed E-state index contributed by atoms with van der Waals surface area (Å²) in [5.41, 5.74) is 2.52. The van der Waals surface area contributed by atoms with Crippen molar-refractivity contribution in [2.24, 2.45) is 11.8 Å². The van der Waals surface area contributed by atoms with E-state index in [9.17, 15) is 0 Å². The smallest absolute Gasteiger partial charge is 0.0652 e. The first kappa shape index (κ1) is 13.1. The number of ether oxygens (including phenoxy) is 1. The van der Waals surface area contributed by atoms with Crippen LogP contribution in [0.4, 0.5) is 0 Å². The minimum absolute atomic E-state index is 0.506. The Hall–Kier alpha value is -0.930. The molecule has 1 unspecified atom stereocenters. The van der Waals surface area contributed by atoms with Gasteiger partial charge in [-0.15, -0.1) is 0 Å². The Morgan fingerprint density at radius 3 is 2.53 bits per heavy atom. The third-order valence-electron chi connectivity index (χ3n) is 4.77. The first-order valence-corrected chi connectivity index (χ1v) is 7.49. The molecule has 1 aromatic heterocycles. The Kier molecular flexibility index (Phi) is 3.85. The van der Waals surface area contributed by atoms with Crippen LogP contribution in [0.3, 0.4) is 0 Å². The van der Waals surface area contributed by atoms with E-state index >= 15 is 0 Å². The van der Waals surface area contributed by atoms with Gasteiger partial charge in [-0.1, -0.05) is 13.0 Å². The SMILES string of the molecule is CCc1ccc(CN2C[C@H]3CC[C@@H](C2)C3OC)nc1. The van der Waals surface area contributed by atoms with E-state index in [1.54, 1.807) is 0 Å². The molecule has 0 aromatic carbocycles. The average molecular weight is 260 g/mol. The van der Waals surface area contributed by atoms with Crippen molar-refractivity contribution in [3.05, 3.63) is 29.6 Å². The summed E-state index contributed by atoms with van der Waals surface area (Å²) in [5.74, 6) is 1.47. The molecule has 0 radical (unpaired) electrons. The molecule has 0 amide bonds. The number of pyridine rings is 1. The monoisotopic (exact) mass is 260 g/mol. The summed E-state index contributed by atoms with van der Waals surface area (Å²) in [6.45, 7) is 5.51. The van der Waals surface area contributed by atoms with Crippen LogP contribution in [0.25, 0.3) is 0 Å². The minimum Gasteiger partial charge on any atom is -0.381 e. The van der Waals surface area contributed by atoms with E-state index in [-0.39, 0.29) is 0 Å². The minimum atomic E-state index is 0.506. The maximum atomic E-state index is 5.66. The lowest BCUT2D eigenvalue weighted by Gasteiger charge is -2.37. The van der Waals surface area contributed by atoms with Crippen molar-refractivity contribution in [1.29, 1.82) is 0 Å². The van der Waals surface area contributed by atoms with E-state index in [0.717, 1.165) is 24.8 Å². The number of fused-ring (bicyclic) bond motifs is 2. The van der Waals surface area contributed by atoms with Gasteiger partial charge in [0.1, 0.15) is 0 Å². The molecular formula is C16H24N2O. The molecule has 1 aliphatic heterocycles. The summed E-state index contributed by atoms with van der Waals surface area (Å²) in [6, 6.07) is 4.39. The summed E-state index contributed by atoms with van der Waals surface area (Å²) >= 11 is 0. The summed E-state index contributed by atoms with van der Waals surface area (Å²) in [5, 5.41) is 0. The van der Waals surface area contributed by atoms with Crippen molar-refractivity contribution < 1.29 is 4.74 Å². The second kappa shape index (κ2) is 5.59. The summed E-state index contributed by atoms with van der Waals surface area (Å²) in [7, 11) is 1.87. The topological polar surface area (TPSA) is 25.4 Å². The van der Waals surface area contributed by atoms with Gasteiger partial charge < -0.3 is 4.74 Å². The van der Waals surface area contributed by atoms with Gasteiger partial charge in [-0.25, -0.2) is 0 Å². The van der Waals surface area contributed by atoms with E-state index in [0.29, 0.717) is 6.10 Å². The zero-order valence-corrected chi connectivity index (χ0v) is 12.0. The number of methoxy groups -OCH3 is 1. The Labute approximate surface area is 116 Å². The number of rotatable bonds is 4. The van der Waals surface area contributed by atoms with E-state index in [4.69, 9.17) is 4.74 Å². The van der Waals surface area contributed by atoms with E-state index < -0.39 is 0 Å². The quantitative estimate of drug-likeness (QED) is 0.831. The van der Waals surface area contributed by atoms with Crippen molar-refractivity contribution in [3.63, 3.8) is 0 Å². The number of aromatic nitrogens is 1. The molecule has 3 rings (SSSR count). The fraction of sp³-hybridized carbons (Fsp3) is 0.688. The van der Waals surface area contributed by atoms with Crippen molar-refractivity contribution in [3.8, 4) is 0 Å². The molecule has 19 heavy (non-hydrogen) atoms. The highest BCUT2D eigenvalue weighted by Gasteiger charge is 2.41. The van der Waals surface area contributed by atoms with Crippen molar-refractivity contribution in [2.75, 3.05) is 20.2 Å². The lowest BCUT2D eigenvalue weighted by Crippen LogP contribution is -2.45. The molecule has 1 aliphatic carbocycles. The molecule has 2 fully saturated rings. The van der Waals surface area contributed by atoms with Crippen molar-refractivity contribution in [2.45, 2.75) is 38.8 Å². The van der Waals surface area contributed by atoms with Gasteiger partial charge in [0.05, 0.1) is 11.8 Å². The maximum Gasteiger partial charge on any atom is 0.0652 e. The number of hydrogen-bond acceptors (Lipinski definition) is 3. The molecule has 104 valence electrons. The zero-order valence-electron chi connectivity index (χ0n) is 12.0. The number of likely N-dealkylation sites (tertiary alicyclic amines) is 1. The highest BCUT2D eigenvalue weighted by molar-refractivity contribution is 5.14. The van der Waals surface area contributed by atoms with Gasteiger partial charge in [0.2, 0.25) is 0 Å². The standard InChI is InChI=1S/C16H24N2O/c1-3-12-4-7-15(17-8-12)11-18-9-13-5-6-14(10-18)16(13)19-2/h4,7-8,13-14,16H,3,5-6,9-11H2,1-2H3/t13-,14+,16?. The molecule has 2 heterocycles. The average Bonchev–Trinajstić information content (AvgIpc) is 2.70. The fourth-order valence-electron chi connectivity index (χ4n) is 3.77. The van der Waals surface area contributed by atoms with Crippen LogP contribution >= 0.6 is 0 Å². The highest BCUT2D eigenvalue weighted by Crippen LogP contribution is 2.38. The Morgan fingerprint density at radius 2 is 2.00 bits per heavy atom. The molecule has 2 aliphatic rings. The highest BCUT2D eigenvalue weighted by atomic mass is 16.5. The molecule has 1 saturated carbocycles. The lowest BCUT2D eigenvalue weighted by molar-refractivity contribution is -0.0182. The second-order valence-electron chi connectivity index (χ2n) is 6.00. The summed E-state index contributed by atoms with van der Waals surface area (Å²) in [6.07, 6.45) is 6.26. The third-order valence-corrected chi connectivity index (χ3v) is 4.77. The van der Waals surface area contributed by atoms with Crippen LogP contribution < -0.4 is 0 Å². The predicted molar refractivity (Wildman–Crippen MR) is 75.9 cm³/mol. The zero-order chi connectivity index (χ0) is 13.2. The van der Waals surface area contributed by atoms with Crippen LogP contribution in [-0.4, -0.2) is 36.2 Å². The van der Waals surface area contributed by atoms with Crippen LogP contribution in [0.1, 0.15) is 31.0 Å². The van der Waals surface area contributed by atoms with Gasteiger partial charge in [-0.3, -0.25) is 9.88 Å². The number of piperidine rings is 1. The summed E-state index contributed by atoms with van der Waals surface area (Å²) < 4.78 is 5.66. The van der Waals surface area contributed by atoms with Crippen molar-refractivity contribution >= 4 is 0 Å². The largest absolute Gasteiger partial charge is 0.381 e. The van der Waals surface area contributed by atoms with Crippen LogP contribution in [0.5, 0.6) is 0 Å². The van der Waals surface area contributed by atoms with E-state index in [2.05, 4.69) is 28.9 Å². The number of aryl methyl sites for hydroxylation is 1. The van der Waals surface area contributed by atoms with Gasteiger partial charge in [0.15, 0.2) is 0 Å². The molecule has 3 heteroatoms. The molecule has 3 atom stereocenters. The predicted octanol–water partition coefficient (Wildman–Crippen LogP) is 2.50. The molecular weight excluding hydrogens is 236 g/mol. The van der Waals surface area contributed by atoms with Gasteiger partial charge in [-0.05, 0) is 42.7 Å². The second-order valence-corrected chi connectivity index (χ2v) is 6.00. The van der Waals surface area contributed by atoms with Crippen LogP contribution in [0, 0.1) is 11.8 Å². The van der Waals surface area contributed by atoms with Crippen LogP contribution in [0.15, 0.2) is 18.3 Å². The number of nitrogens with zero attached hydrogens (tertiary/aromatic N) is 2. The molecule has 0 spiro atoms.